The molecule has 2 atom stereocenters. The quantitative estimate of drug-likeness (QED) is 0.212. The third kappa shape index (κ3) is 6.50. The van der Waals surface area contributed by atoms with Gasteiger partial charge in [-0.1, -0.05) is 18.2 Å². The number of methoxy groups -OCH3 is 3. The van der Waals surface area contributed by atoms with Crippen molar-refractivity contribution in [1.29, 1.82) is 0 Å². The number of benzene rings is 4. The molecule has 0 fully saturated rings. The lowest BCUT2D eigenvalue weighted by Gasteiger charge is -2.37. The van der Waals surface area contributed by atoms with Gasteiger partial charge in [-0.05, 0) is 123 Å². The topological polar surface area (TPSA) is 87.9 Å². The molecule has 0 radical (unpaired) electrons. The van der Waals surface area contributed by atoms with Gasteiger partial charge in [0, 0.05) is 30.7 Å². The van der Waals surface area contributed by atoms with Crippen LogP contribution in [0.1, 0.15) is 51.9 Å². The summed E-state index contributed by atoms with van der Waals surface area (Å²) in [6, 6.07) is 21.2. The molecule has 4 aliphatic heterocycles. The molecular weight excluding hydrogens is 618 g/mol. The van der Waals surface area contributed by atoms with Crippen LogP contribution in [0.15, 0.2) is 60.7 Å². The van der Waals surface area contributed by atoms with Crippen molar-refractivity contribution in [3.63, 3.8) is 0 Å². The summed E-state index contributed by atoms with van der Waals surface area (Å²) in [5.41, 5.74) is 12.9. The molecule has 4 aromatic rings. The molecule has 4 heterocycles. The molecule has 6 bridgehead atoms. The van der Waals surface area contributed by atoms with Crippen molar-refractivity contribution in [2.24, 2.45) is 5.73 Å². The molecule has 2 unspecified atom stereocenters. The van der Waals surface area contributed by atoms with Crippen LogP contribution in [0.4, 0.5) is 0 Å². The predicted octanol–water partition coefficient (Wildman–Crippen LogP) is 6.88. The highest BCUT2D eigenvalue weighted by Crippen LogP contribution is 2.52. The van der Waals surface area contributed by atoms with Crippen molar-refractivity contribution in [2.75, 3.05) is 61.7 Å². The third-order valence-corrected chi connectivity index (χ3v) is 10.2. The summed E-state index contributed by atoms with van der Waals surface area (Å²) in [5, 5.41) is 0. The first kappa shape index (κ1) is 33.1. The van der Waals surface area contributed by atoms with E-state index in [9.17, 15) is 0 Å². The van der Waals surface area contributed by atoms with Gasteiger partial charge in [0.25, 0.3) is 0 Å². The van der Waals surface area contributed by atoms with Gasteiger partial charge in [-0.3, -0.25) is 9.80 Å². The second-order valence-corrected chi connectivity index (χ2v) is 13.2. The molecule has 2 N–H and O–H groups in total. The summed E-state index contributed by atoms with van der Waals surface area (Å²) < 4.78 is 37.7. The minimum absolute atomic E-state index is 0.0175. The molecule has 4 aromatic carbocycles. The number of ether oxygens (including phenoxy) is 6. The Kier molecular flexibility index (Phi) is 9.58. The van der Waals surface area contributed by atoms with Crippen molar-refractivity contribution in [1.82, 2.24) is 9.80 Å². The molecule has 258 valence electrons. The molecule has 9 heteroatoms. The Bertz CT molecular complexity index is 1810. The van der Waals surface area contributed by atoms with Crippen LogP contribution in [-0.2, 0) is 25.7 Å². The molecule has 0 spiro atoms. The maximum Gasteiger partial charge on any atom is 0.204 e. The monoisotopic (exact) mass is 665 g/mol. The lowest BCUT2D eigenvalue weighted by molar-refractivity contribution is 0.220. The number of nitrogens with two attached hydrogens (primary N) is 1. The molecule has 9 nitrogen and oxygen atoms in total. The SMILES string of the molecule is COc1cc2c3cc1Oc1c(OC)c(OC)cc4c1C(Cc1ccc(OCCCN)c(c1)Oc1ccc(cc1)CC3N(C)CC2)N(C)CC4. The summed E-state index contributed by atoms with van der Waals surface area (Å²) in [7, 11) is 9.42. The van der Waals surface area contributed by atoms with Gasteiger partial charge in [-0.2, -0.15) is 0 Å². The fraction of sp³-hybridized carbons (Fsp3) is 0.400. The highest BCUT2D eigenvalue weighted by atomic mass is 16.5. The highest BCUT2D eigenvalue weighted by molar-refractivity contribution is 5.64. The molecule has 0 saturated carbocycles. The minimum atomic E-state index is -0.0175. The average Bonchev–Trinajstić information content (AvgIpc) is 3.11. The van der Waals surface area contributed by atoms with Crippen LogP contribution in [0, 0.1) is 0 Å². The zero-order chi connectivity index (χ0) is 34.1. The van der Waals surface area contributed by atoms with Crippen molar-refractivity contribution < 1.29 is 28.4 Å². The van der Waals surface area contributed by atoms with E-state index in [1.165, 1.54) is 22.3 Å². The Balaban J connectivity index is 1.43. The van der Waals surface area contributed by atoms with Crippen molar-refractivity contribution in [3.05, 3.63) is 94.0 Å². The summed E-state index contributed by atoms with van der Waals surface area (Å²) >= 11 is 0. The summed E-state index contributed by atoms with van der Waals surface area (Å²) in [6.45, 7) is 2.93. The standard InChI is InChI=1S/C40H47N3O6/c1-42-16-13-27-22-34(44-3)36-24-30(27)31(42)19-25-7-10-29(11-8-25)48-35-21-26(9-12-33(35)47-18-6-15-41)20-32-38-28(14-17-43(32)2)23-37(45-4)39(46-5)40(38)49-36/h7-12,21-24,31-32H,6,13-20,41H2,1-5H3. The summed E-state index contributed by atoms with van der Waals surface area (Å²) in [5.74, 6) is 5.38. The van der Waals surface area contributed by atoms with E-state index in [1.54, 1.807) is 21.3 Å². The van der Waals surface area contributed by atoms with E-state index in [4.69, 9.17) is 34.2 Å². The van der Waals surface area contributed by atoms with Gasteiger partial charge >= 0.3 is 0 Å². The Morgan fingerprint density at radius 2 is 1.39 bits per heavy atom. The number of rotatable bonds is 7. The van der Waals surface area contributed by atoms with Gasteiger partial charge in [0.15, 0.2) is 34.5 Å². The lowest BCUT2D eigenvalue weighted by Crippen LogP contribution is -2.34. The minimum Gasteiger partial charge on any atom is -0.493 e. The maximum atomic E-state index is 7.06. The number of hydrogen-bond acceptors (Lipinski definition) is 9. The number of nitrogens with zero attached hydrogens (tertiary/aromatic N) is 2. The first-order valence-corrected chi connectivity index (χ1v) is 17.2. The zero-order valence-electron chi connectivity index (χ0n) is 29.2. The molecule has 49 heavy (non-hydrogen) atoms. The van der Waals surface area contributed by atoms with Crippen LogP contribution in [0.3, 0.4) is 0 Å². The van der Waals surface area contributed by atoms with E-state index in [0.29, 0.717) is 59.8 Å². The average molecular weight is 666 g/mol. The van der Waals surface area contributed by atoms with Crippen molar-refractivity contribution in [3.8, 4) is 46.0 Å². The first-order chi connectivity index (χ1) is 23.9. The fourth-order valence-corrected chi connectivity index (χ4v) is 7.49. The maximum absolute atomic E-state index is 7.06. The van der Waals surface area contributed by atoms with Crippen LogP contribution in [0.5, 0.6) is 46.0 Å². The van der Waals surface area contributed by atoms with Crippen LogP contribution in [0.25, 0.3) is 0 Å². The van der Waals surface area contributed by atoms with Gasteiger partial charge in [-0.25, -0.2) is 0 Å². The van der Waals surface area contributed by atoms with Crippen molar-refractivity contribution in [2.45, 2.75) is 44.2 Å². The van der Waals surface area contributed by atoms with E-state index in [-0.39, 0.29) is 12.1 Å². The second kappa shape index (κ2) is 14.2. The summed E-state index contributed by atoms with van der Waals surface area (Å²) in [6.07, 6.45) is 4.10. The molecule has 4 aliphatic rings. The Hall–Kier alpha value is -4.44. The zero-order valence-corrected chi connectivity index (χ0v) is 29.2. The van der Waals surface area contributed by atoms with Gasteiger partial charge in [0.05, 0.1) is 27.9 Å². The number of fused-ring (bicyclic) bond motifs is 2. The second-order valence-electron chi connectivity index (χ2n) is 13.2. The van der Waals surface area contributed by atoms with Crippen molar-refractivity contribution >= 4 is 0 Å². The summed E-state index contributed by atoms with van der Waals surface area (Å²) in [4.78, 5) is 4.82. The normalized spacial score (nSPS) is 18.7. The van der Waals surface area contributed by atoms with E-state index >= 15 is 0 Å². The van der Waals surface area contributed by atoms with E-state index < -0.39 is 0 Å². The predicted molar refractivity (Wildman–Crippen MR) is 190 cm³/mol. The molecule has 0 aromatic heterocycles. The number of hydrogen-bond donors (Lipinski definition) is 1. The van der Waals surface area contributed by atoms with Crippen LogP contribution in [-0.4, -0.2) is 71.5 Å². The molecule has 0 aliphatic carbocycles. The largest absolute Gasteiger partial charge is 0.493 e. The lowest BCUT2D eigenvalue weighted by atomic mass is 9.87. The molecule has 8 rings (SSSR count). The molecule has 0 saturated heterocycles. The van der Waals surface area contributed by atoms with Gasteiger partial charge in [-0.15, -0.1) is 0 Å². The van der Waals surface area contributed by atoms with Gasteiger partial charge < -0.3 is 34.2 Å². The van der Waals surface area contributed by atoms with Crippen LogP contribution >= 0.6 is 0 Å². The first-order valence-electron chi connectivity index (χ1n) is 17.2. The van der Waals surface area contributed by atoms with Gasteiger partial charge in [0.2, 0.25) is 5.75 Å². The smallest absolute Gasteiger partial charge is 0.204 e. The van der Waals surface area contributed by atoms with E-state index in [0.717, 1.165) is 55.6 Å². The fourth-order valence-electron chi connectivity index (χ4n) is 7.49. The van der Waals surface area contributed by atoms with E-state index in [1.807, 2.05) is 6.07 Å². The van der Waals surface area contributed by atoms with Gasteiger partial charge in [0.1, 0.15) is 5.75 Å². The van der Waals surface area contributed by atoms with Crippen LogP contribution in [0.2, 0.25) is 0 Å². The van der Waals surface area contributed by atoms with Crippen LogP contribution < -0.4 is 34.2 Å². The Labute approximate surface area is 289 Å². The third-order valence-electron chi connectivity index (χ3n) is 10.2. The number of likely N-dealkylation sites (N-methyl/N-ethyl adjacent to an activating group) is 2. The Morgan fingerprint density at radius 3 is 2.12 bits per heavy atom. The highest BCUT2D eigenvalue weighted by Gasteiger charge is 2.34. The molecular formula is C40H47N3O6. The van der Waals surface area contributed by atoms with E-state index in [2.05, 4.69) is 78.5 Å². The Morgan fingerprint density at radius 1 is 0.714 bits per heavy atom. The molecule has 0 amide bonds.